The fraction of sp³-hybridized carbons (Fsp3) is 0.400. The molecule has 0 radical (unpaired) electrons. The lowest BCUT2D eigenvalue weighted by Gasteiger charge is -2.01. The minimum Gasteiger partial charge on any atom is -0.313 e. The molecule has 2 heterocycles. The molecule has 0 aromatic carbocycles. The van der Waals surface area contributed by atoms with Crippen LogP contribution in [0, 0.1) is 0 Å². The number of aromatic nitrogens is 3. The molecule has 0 bridgehead atoms. The Kier molecular flexibility index (Phi) is 2.82. The number of pyridine rings is 1. The Balaban J connectivity index is 2.22. The number of rotatable bonds is 4. The van der Waals surface area contributed by atoms with E-state index in [1.807, 2.05) is 6.07 Å². The zero-order valence-electron chi connectivity index (χ0n) is 8.63. The second kappa shape index (κ2) is 4.27. The van der Waals surface area contributed by atoms with Crippen molar-refractivity contribution in [1.82, 2.24) is 20.5 Å². The SMILES string of the molecule is CCCNCc1cnc2[nH][nH]c(=O)c2c1. The molecule has 0 aliphatic carbocycles. The number of H-pyrrole nitrogens is 2. The molecule has 0 unspecified atom stereocenters. The van der Waals surface area contributed by atoms with Crippen molar-refractivity contribution >= 4 is 11.0 Å². The van der Waals surface area contributed by atoms with Crippen LogP contribution < -0.4 is 10.9 Å². The van der Waals surface area contributed by atoms with Crippen LogP contribution in [0.2, 0.25) is 0 Å². The number of hydrogen-bond acceptors (Lipinski definition) is 3. The first-order valence-corrected chi connectivity index (χ1v) is 5.07. The van der Waals surface area contributed by atoms with Gasteiger partial charge in [-0.05, 0) is 24.6 Å². The number of aromatic amines is 2. The molecule has 0 saturated carbocycles. The summed E-state index contributed by atoms with van der Waals surface area (Å²) in [6.45, 7) is 3.84. The van der Waals surface area contributed by atoms with E-state index in [4.69, 9.17) is 0 Å². The Morgan fingerprint density at radius 3 is 3.13 bits per heavy atom. The van der Waals surface area contributed by atoms with Crippen molar-refractivity contribution in [3.05, 3.63) is 28.2 Å². The molecular weight excluding hydrogens is 192 g/mol. The van der Waals surface area contributed by atoms with Crippen molar-refractivity contribution < 1.29 is 0 Å². The van der Waals surface area contributed by atoms with Crippen LogP contribution in [0.15, 0.2) is 17.1 Å². The fourth-order valence-corrected chi connectivity index (χ4v) is 1.47. The van der Waals surface area contributed by atoms with Crippen molar-refractivity contribution in [1.29, 1.82) is 0 Å². The lowest BCUT2D eigenvalue weighted by molar-refractivity contribution is 0.674. The summed E-state index contributed by atoms with van der Waals surface area (Å²) in [5.41, 5.74) is 1.52. The first-order chi connectivity index (χ1) is 7.31. The van der Waals surface area contributed by atoms with Gasteiger partial charge in [-0.2, -0.15) is 0 Å². The van der Waals surface area contributed by atoms with Crippen LogP contribution in [0.5, 0.6) is 0 Å². The fourth-order valence-electron chi connectivity index (χ4n) is 1.47. The van der Waals surface area contributed by atoms with Crippen LogP contribution >= 0.6 is 0 Å². The highest BCUT2D eigenvalue weighted by molar-refractivity contribution is 5.73. The highest BCUT2D eigenvalue weighted by atomic mass is 16.1. The molecule has 5 heteroatoms. The molecule has 15 heavy (non-hydrogen) atoms. The zero-order valence-corrected chi connectivity index (χ0v) is 8.63. The molecule has 2 rings (SSSR count). The molecule has 80 valence electrons. The Hall–Kier alpha value is -1.62. The van der Waals surface area contributed by atoms with Crippen LogP contribution in [0.4, 0.5) is 0 Å². The molecule has 0 aliphatic rings. The lowest BCUT2D eigenvalue weighted by Crippen LogP contribution is -2.14. The van der Waals surface area contributed by atoms with Crippen LogP contribution in [0.25, 0.3) is 11.0 Å². The summed E-state index contributed by atoms with van der Waals surface area (Å²) in [6, 6.07) is 1.86. The van der Waals surface area contributed by atoms with Gasteiger partial charge in [-0.25, -0.2) is 4.98 Å². The maximum Gasteiger partial charge on any atom is 0.273 e. The van der Waals surface area contributed by atoms with Gasteiger partial charge in [0.2, 0.25) is 0 Å². The van der Waals surface area contributed by atoms with Gasteiger partial charge in [-0.1, -0.05) is 6.92 Å². The van der Waals surface area contributed by atoms with Gasteiger partial charge in [-0.3, -0.25) is 15.0 Å². The van der Waals surface area contributed by atoms with Gasteiger partial charge >= 0.3 is 0 Å². The summed E-state index contributed by atoms with van der Waals surface area (Å²) in [4.78, 5) is 15.5. The van der Waals surface area contributed by atoms with Gasteiger partial charge in [0.25, 0.3) is 5.56 Å². The van der Waals surface area contributed by atoms with Crippen molar-refractivity contribution in [2.75, 3.05) is 6.54 Å². The van der Waals surface area contributed by atoms with Gasteiger partial charge in [0.05, 0.1) is 5.39 Å². The quantitative estimate of drug-likeness (QED) is 0.646. The maximum atomic E-state index is 11.3. The summed E-state index contributed by atoms with van der Waals surface area (Å²) in [5.74, 6) is 0. The predicted molar refractivity (Wildman–Crippen MR) is 58.7 cm³/mol. The number of nitrogens with one attached hydrogen (secondary N) is 3. The standard InChI is InChI=1S/C10H14N4O/c1-2-3-11-5-7-4-8-9(12-6-7)13-14-10(8)15/h4,6,11H,2-3,5H2,1H3,(H2,12,13,14,15). The minimum absolute atomic E-state index is 0.116. The van der Waals surface area contributed by atoms with E-state index in [-0.39, 0.29) is 5.56 Å². The van der Waals surface area contributed by atoms with Gasteiger partial charge in [0.1, 0.15) is 0 Å². The third-order valence-corrected chi connectivity index (χ3v) is 2.24. The Morgan fingerprint density at radius 2 is 2.33 bits per heavy atom. The Bertz CT molecular complexity index is 499. The molecule has 0 atom stereocenters. The minimum atomic E-state index is -0.116. The third-order valence-electron chi connectivity index (χ3n) is 2.24. The summed E-state index contributed by atoms with van der Waals surface area (Å²) in [5, 5.41) is 9.10. The normalized spacial score (nSPS) is 11.0. The first-order valence-electron chi connectivity index (χ1n) is 5.07. The summed E-state index contributed by atoms with van der Waals surface area (Å²) < 4.78 is 0. The molecule has 3 N–H and O–H groups in total. The summed E-state index contributed by atoms with van der Waals surface area (Å²) in [6.07, 6.45) is 2.87. The topological polar surface area (TPSA) is 73.6 Å². The van der Waals surface area contributed by atoms with E-state index in [1.165, 1.54) is 0 Å². The van der Waals surface area contributed by atoms with Gasteiger partial charge in [0.15, 0.2) is 5.65 Å². The average Bonchev–Trinajstić information content (AvgIpc) is 2.61. The highest BCUT2D eigenvalue weighted by Gasteiger charge is 2.02. The lowest BCUT2D eigenvalue weighted by atomic mass is 10.2. The Labute approximate surface area is 86.9 Å². The summed E-state index contributed by atoms with van der Waals surface area (Å²) in [7, 11) is 0. The molecule has 0 saturated heterocycles. The number of hydrogen-bond donors (Lipinski definition) is 3. The molecule has 0 fully saturated rings. The van der Waals surface area contributed by atoms with Crippen LogP contribution in [-0.4, -0.2) is 21.7 Å². The van der Waals surface area contributed by atoms with Gasteiger partial charge < -0.3 is 5.32 Å². The van der Waals surface area contributed by atoms with Crippen molar-refractivity contribution in [3.8, 4) is 0 Å². The van der Waals surface area contributed by atoms with E-state index < -0.39 is 0 Å². The molecule has 0 amide bonds. The third kappa shape index (κ3) is 2.07. The van der Waals surface area contributed by atoms with Crippen LogP contribution in [-0.2, 0) is 6.54 Å². The molecule has 0 spiro atoms. The largest absolute Gasteiger partial charge is 0.313 e. The van der Waals surface area contributed by atoms with Crippen molar-refractivity contribution in [2.45, 2.75) is 19.9 Å². The van der Waals surface area contributed by atoms with E-state index >= 15 is 0 Å². The molecular formula is C10H14N4O. The van der Waals surface area contributed by atoms with Crippen molar-refractivity contribution in [3.63, 3.8) is 0 Å². The van der Waals surface area contributed by atoms with Gasteiger partial charge in [-0.15, -0.1) is 0 Å². The molecule has 5 nitrogen and oxygen atoms in total. The van der Waals surface area contributed by atoms with Gasteiger partial charge in [0, 0.05) is 12.7 Å². The summed E-state index contributed by atoms with van der Waals surface area (Å²) >= 11 is 0. The molecule has 2 aromatic heterocycles. The van der Waals surface area contributed by atoms with E-state index in [0.29, 0.717) is 11.0 Å². The average molecular weight is 206 g/mol. The second-order valence-electron chi connectivity index (χ2n) is 3.50. The van der Waals surface area contributed by atoms with E-state index in [9.17, 15) is 4.79 Å². The first kappa shape index (κ1) is 9.92. The Morgan fingerprint density at radius 1 is 1.47 bits per heavy atom. The highest BCUT2D eigenvalue weighted by Crippen LogP contribution is 2.05. The number of nitrogens with zero attached hydrogens (tertiary/aromatic N) is 1. The molecule has 2 aromatic rings. The van der Waals surface area contributed by atoms with E-state index in [0.717, 1.165) is 25.1 Å². The number of fused-ring (bicyclic) bond motifs is 1. The monoisotopic (exact) mass is 206 g/mol. The smallest absolute Gasteiger partial charge is 0.273 e. The van der Waals surface area contributed by atoms with E-state index in [2.05, 4.69) is 27.4 Å². The van der Waals surface area contributed by atoms with E-state index in [1.54, 1.807) is 6.20 Å². The van der Waals surface area contributed by atoms with Crippen LogP contribution in [0.3, 0.4) is 0 Å². The predicted octanol–water partition coefficient (Wildman–Crippen LogP) is 0.751. The van der Waals surface area contributed by atoms with Crippen molar-refractivity contribution in [2.24, 2.45) is 0 Å². The van der Waals surface area contributed by atoms with Crippen LogP contribution in [0.1, 0.15) is 18.9 Å². The maximum absolute atomic E-state index is 11.3. The zero-order chi connectivity index (χ0) is 10.7. The second-order valence-corrected chi connectivity index (χ2v) is 3.50. The molecule has 0 aliphatic heterocycles.